The van der Waals surface area contributed by atoms with Gasteiger partial charge in [-0.25, -0.2) is 0 Å². The number of nitrogens with zero attached hydrogens (tertiary/aromatic N) is 3. The SMILES string of the molecule is COCc1noc(C(C)NC(=O)c2cc(N)c3ncccc3c2)n1. The molecule has 8 nitrogen and oxygen atoms in total. The first-order valence-corrected chi connectivity index (χ1v) is 7.35. The number of nitrogens with one attached hydrogen (secondary N) is 1. The second-order valence-corrected chi connectivity index (χ2v) is 5.32. The number of carbonyl (C=O) groups is 1. The Morgan fingerprint density at radius 1 is 1.46 bits per heavy atom. The molecule has 124 valence electrons. The van der Waals surface area contributed by atoms with Crippen molar-refractivity contribution in [2.24, 2.45) is 0 Å². The van der Waals surface area contributed by atoms with Crippen molar-refractivity contribution in [2.75, 3.05) is 12.8 Å². The van der Waals surface area contributed by atoms with Gasteiger partial charge in [0.05, 0.1) is 11.2 Å². The third kappa shape index (κ3) is 3.18. The average Bonchev–Trinajstić information content (AvgIpc) is 3.04. The summed E-state index contributed by atoms with van der Waals surface area (Å²) in [5.74, 6) is 0.451. The Morgan fingerprint density at radius 3 is 3.08 bits per heavy atom. The summed E-state index contributed by atoms with van der Waals surface area (Å²) in [5, 5.41) is 7.38. The summed E-state index contributed by atoms with van der Waals surface area (Å²) in [6, 6.07) is 6.55. The summed E-state index contributed by atoms with van der Waals surface area (Å²) in [6.45, 7) is 2.01. The smallest absolute Gasteiger partial charge is 0.252 e. The molecule has 2 heterocycles. The number of anilines is 1. The lowest BCUT2D eigenvalue weighted by molar-refractivity contribution is 0.0932. The molecule has 1 unspecified atom stereocenters. The van der Waals surface area contributed by atoms with Crippen molar-refractivity contribution in [3.05, 3.63) is 47.7 Å². The van der Waals surface area contributed by atoms with Crippen LogP contribution in [-0.4, -0.2) is 28.1 Å². The van der Waals surface area contributed by atoms with Crippen LogP contribution in [0.1, 0.15) is 35.0 Å². The molecule has 0 fully saturated rings. The van der Waals surface area contributed by atoms with Gasteiger partial charge in [0, 0.05) is 24.3 Å². The first kappa shape index (κ1) is 15.9. The highest BCUT2D eigenvalue weighted by molar-refractivity contribution is 6.01. The number of nitrogens with two attached hydrogens (primary N) is 1. The van der Waals surface area contributed by atoms with Gasteiger partial charge in [-0.1, -0.05) is 11.2 Å². The van der Waals surface area contributed by atoms with E-state index in [2.05, 4.69) is 20.4 Å². The van der Waals surface area contributed by atoms with Crippen molar-refractivity contribution < 1.29 is 14.1 Å². The molecule has 0 radical (unpaired) electrons. The van der Waals surface area contributed by atoms with Crippen LogP contribution < -0.4 is 11.1 Å². The van der Waals surface area contributed by atoms with Gasteiger partial charge in [-0.3, -0.25) is 9.78 Å². The summed E-state index contributed by atoms with van der Waals surface area (Å²) in [5.41, 5.74) is 7.54. The van der Waals surface area contributed by atoms with Gasteiger partial charge in [-0.05, 0) is 25.1 Å². The van der Waals surface area contributed by atoms with Crippen molar-refractivity contribution in [1.82, 2.24) is 20.4 Å². The summed E-state index contributed by atoms with van der Waals surface area (Å²) >= 11 is 0. The lowest BCUT2D eigenvalue weighted by atomic mass is 10.1. The molecular weight excluding hydrogens is 310 g/mol. The van der Waals surface area contributed by atoms with Crippen molar-refractivity contribution >= 4 is 22.5 Å². The number of hydrogen-bond acceptors (Lipinski definition) is 7. The lowest BCUT2D eigenvalue weighted by Crippen LogP contribution is -2.27. The van der Waals surface area contributed by atoms with Crippen LogP contribution in [0.15, 0.2) is 35.0 Å². The van der Waals surface area contributed by atoms with Crippen LogP contribution in [0.3, 0.4) is 0 Å². The molecule has 24 heavy (non-hydrogen) atoms. The number of hydrogen-bond donors (Lipinski definition) is 2. The molecule has 1 amide bonds. The lowest BCUT2D eigenvalue weighted by Gasteiger charge is -2.11. The van der Waals surface area contributed by atoms with Gasteiger partial charge in [0.1, 0.15) is 12.6 Å². The number of rotatable bonds is 5. The molecule has 3 aromatic rings. The van der Waals surface area contributed by atoms with Gasteiger partial charge in [-0.2, -0.15) is 4.98 Å². The summed E-state index contributed by atoms with van der Waals surface area (Å²) < 4.78 is 10.1. The Bertz CT molecular complexity index is 877. The number of fused-ring (bicyclic) bond motifs is 1. The van der Waals surface area contributed by atoms with E-state index in [9.17, 15) is 4.79 Å². The Kier molecular flexibility index (Phi) is 4.39. The predicted molar refractivity (Wildman–Crippen MR) is 87.0 cm³/mol. The van der Waals surface area contributed by atoms with Gasteiger partial charge in [0.25, 0.3) is 5.91 Å². The topological polar surface area (TPSA) is 116 Å². The number of pyridine rings is 1. The Balaban J connectivity index is 1.78. The molecule has 1 aromatic carbocycles. The van der Waals surface area contributed by atoms with E-state index in [0.717, 1.165) is 5.39 Å². The Hall–Kier alpha value is -3.00. The third-order valence-electron chi connectivity index (χ3n) is 3.47. The van der Waals surface area contributed by atoms with E-state index in [0.29, 0.717) is 28.5 Å². The highest BCUT2D eigenvalue weighted by Crippen LogP contribution is 2.21. The summed E-state index contributed by atoms with van der Waals surface area (Å²) in [6.07, 6.45) is 1.66. The third-order valence-corrected chi connectivity index (χ3v) is 3.47. The number of benzene rings is 1. The monoisotopic (exact) mass is 327 g/mol. The van der Waals surface area contributed by atoms with E-state index in [1.54, 1.807) is 38.4 Å². The number of amides is 1. The van der Waals surface area contributed by atoms with E-state index in [-0.39, 0.29) is 12.5 Å². The van der Waals surface area contributed by atoms with Gasteiger partial charge in [0.2, 0.25) is 5.89 Å². The number of carbonyl (C=O) groups excluding carboxylic acids is 1. The van der Waals surface area contributed by atoms with Crippen LogP contribution in [0.4, 0.5) is 5.69 Å². The van der Waals surface area contributed by atoms with E-state index in [1.807, 2.05) is 6.07 Å². The first-order valence-electron chi connectivity index (χ1n) is 7.35. The minimum atomic E-state index is -0.443. The van der Waals surface area contributed by atoms with Crippen LogP contribution in [0.5, 0.6) is 0 Å². The number of ether oxygens (including phenoxy) is 1. The zero-order valence-electron chi connectivity index (χ0n) is 13.3. The second kappa shape index (κ2) is 6.63. The van der Waals surface area contributed by atoms with Crippen LogP contribution in [0.25, 0.3) is 10.9 Å². The van der Waals surface area contributed by atoms with Gasteiger partial charge < -0.3 is 20.3 Å². The fourth-order valence-electron chi connectivity index (χ4n) is 2.32. The number of aromatic nitrogens is 3. The molecule has 0 saturated heterocycles. The second-order valence-electron chi connectivity index (χ2n) is 5.32. The summed E-state index contributed by atoms with van der Waals surface area (Å²) in [7, 11) is 1.54. The van der Waals surface area contributed by atoms with E-state index in [1.165, 1.54) is 0 Å². The fraction of sp³-hybridized carbons (Fsp3) is 0.250. The van der Waals surface area contributed by atoms with Gasteiger partial charge >= 0.3 is 0 Å². The standard InChI is InChI=1S/C16H17N5O3/c1-9(16-20-13(8-23-2)21-24-16)19-15(22)11-6-10-4-3-5-18-14(10)12(17)7-11/h3-7,9H,8,17H2,1-2H3,(H,19,22). The molecular formula is C16H17N5O3. The van der Waals surface area contributed by atoms with Gasteiger partial charge in [0.15, 0.2) is 5.82 Å². The number of methoxy groups -OCH3 is 1. The Morgan fingerprint density at radius 2 is 2.29 bits per heavy atom. The van der Waals surface area contributed by atoms with Crippen molar-refractivity contribution in [3.63, 3.8) is 0 Å². The molecule has 0 bridgehead atoms. The van der Waals surface area contributed by atoms with Crippen LogP contribution in [0, 0.1) is 0 Å². The van der Waals surface area contributed by atoms with E-state index in [4.69, 9.17) is 15.0 Å². The molecule has 3 rings (SSSR count). The number of nitrogen functional groups attached to an aromatic ring is 1. The zero-order chi connectivity index (χ0) is 17.1. The van der Waals surface area contributed by atoms with Crippen LogP contribution >= 0.6 is 0 Å². The molecule has 3 N–H and O–H groups in total. The van der Waals surface area contributed by atoms with Crippen LogP contribution in [-0.2, 0) is 11.3 Å². The van der Waals surface area contributed by atoms with Crippen molar-refractivity contribution in [1.29, 1.82) is 0 Å². The minimum absolute atomic E-state index is 0.248. The molecule has 0 spiro atoms. The predicted octanol–water partition coefficient (Wildman–Crippen LogP) is 1.84. The van der Waals surface area contributed by atoms with Gasteiger partial charge in [-0.15, -0.1) is 0 Å². The molecule has 2 aromatic heterocycles. The molecule has 8 heteroatoms. The van der Waals surface area contributed by atoms with Crippen LogP contribution in [0.2, 0.25) is 0 Å². The maximum atomic E-state index is 12.5. The largest absolute Gasteiger partial charge is 0.397 e. The van der Waals surface area contributed by atoms with Crippen molar-refractivity contribution in [3.8, 4) is 0 Å². The maximum absolute atomic E-state index is 12.5. The van der Waals surface area contributed by atoms with E-state index >= 15 is 0 Å². The van der Waals surface area contributed by atoms with Crippen molar-refractivity contribution in [2.45, 2.75) is 19.6 Å². The highest BCUT2D eigenvalue weighted by atomic mass is 16.5. The summed E-state index contributed by atoms with van der Waals surface area (Å²) in [4.78, 5) is 20.8. The zero-order valence-corrected chi connectivity index (χ0v) is 13.3. The first-order chi connectivity index (χ1) is 11.6. The normalized spacial score (nSPS) is 12.2. The van der Waals surface area contributed by atoms with E-state index < -0.39 is 6.04 Å². The average molecular weight is 327 g/mol. The molecule has 0 aliphatic rings. The minimum Gasteiger partial charge on any atom is -0.397 e. The fourth-order valence-corrected chi connectivity index (χ4v) is 2.32. The molecule has 0 saturated carbocycles. The quantitative estimate of drug-likeness (QED) is 0.687. The molecule has 0 aliphatic carbocycles. The maximum Gasteiger partial charge on any atom is 0.252 e. The molecule has 1 atom stereocenters. The highest BCUT2D eigenvalue weighted by Gasteiger charge is 2.18. The molecule has 0 aliphatic heterocycles. The Labute approximate surface area is 138 Å².